The Bertz CT molecular complexity index is 1420. The van der Waals surface area contributed by atoms with Crippen LogP contribution in [0.2, 0.25) is 5.02 Å². The predicted molar refractivity (Wildman–Crippen MR) is 129 cm³/mol. The van der Waals surface area contributed by atoms with Crippen LogP contribution in [0.15, 0.2) is 89.8 Å². The van der Waals surface area contributed by atoms with Crippen LogP contribution in [-0.2, 0) is 16.6 Å². The van der Waals surface area contributed by atoms with Gasteiger partial charge >= 0.3 is 0 Å². The van der Waals surface area contributed by atoms with Gasteiger partial charge in [0.1, 0.15) is 4.90 Å². The van der Waals surface area contributed by atoms with Crippen LogP contribution in [0.3, 0.4) is 0 Å². The third-order valence-corrected chi connectivity index (χ3v) is 6.88. The van der Waals surface area contributed by atoms with Crippen molar-refractivity contribution in [3.63, 3.8) is 0 Å². The number of fused-ring (bicyclic) bond motifs is 1. The molecule has 0 spiro atoms. The van der Waals surface area contributed by atoms with Gasteiger partial charge < -0.3 is 5.32 Å². The molecular formula is C25H21ClN2O3S. The Labute approximate surface area is 192 Å². The molecule has 5 nitrogen and oxygen atoms in total. The van der Waals surface area contributed by atoms with E-state index in [4.69, 9.17) is 11.6 Å². The number of benzene rings is 4. The van der Waals surface area contributed by atoms with Gasteiger partial charge in [-0.15, -0.1) is 0 Å². The molecule has 0 heterocycles. The van der Waals surface area contributed by atoms with Gasteiger partial charge in [-0.2, -0.15) is 0 Å². The van der Waals surface area contributed by atoms with Crippen LogP contribution < -0.4 is 10.0 Å². The topological polar surface area (TPSA) is 75.3 Å². The molecule has 0 atom stereocenters. The lowest BCUT2D eigenvalue weighted by Crippen LogP contribution is -2.23. The van der Waals surface area contributed by atoms with Gasteiger partial charge in [-0.25, -0.2) is 8.42 Å². The monoisotopic (exact) mass is 464 g/mol. The summed E-state index contributed by atoms with van der Waals surface area (Å²) in [5.74, 6) is -0.387. The normalized spacial score (nSPS) is 11.3. The lowest BCUT2D eigenvalue weighted by atomic mass is 10.1. The van der Waals surface area contributed by atoms with Gasteiger partial charge in [-0.05, 0) is 65.2 Å². The molecular weight excluding hydrogens is 444 g/mol. The molecule has 0 fully saturated rings. The Hall–Kier alpha value is -3.35. The van der Waals surface area contributed by atoms with E-state index in [1.54, 1.807) is 18.2 Å². The summed E-state index contributed by atoms with van der Waals surface area (Å²) in [6.07, 6.45) is 0. The third-order valence-electron chi connectivity index (χ3n) is 5.02. The number of hydrogen-bond acceptors (Lipinski definition) is 3. The molecule has 4 aromatic carbocycles. The minimum absolute atomic E-state index is 0.0382. The first-order valence-electron chi connectivity index (χ1n) is 9.97. The van der Waals surface area contributed by atoms with Crippen LogP contribution in [0, 0.1) is 6.92 Å². The number of nitrogens with one attached hydrogen (secondary N) is 2. The van der Waals surface area contributed by atoms with Crippen LogP contribution >= 0.6 is 11.6 Å². The highest BCUT2D eigenvalue weighted by Crippen LogP contribution is 2.25. The summed E-state index contributed by atoms with van der Waals surface area (Å²) in [6.45, 7) is 2.18. The van der Waals surface area contributed by atoms with Crippen molar-refractivity contribution in [1.29, 1.82) is 0 Å². The predicted octanol–water partition coefficient (Wildman–Crippen LogP) is 5.53. The molecule has 32 heavy (non-hydrogen) atoms. The second kappa shape index (κ2) is 9.02. The van der Waals surface area contributed by atoms with Gasteiger partial charge in [0.2, 0.25) is 0 Å². The van der Waals surface area contributed by atoms with Crippen LogP contribution in [0.5, 0.6) is 0 Å². The highest BCUT2D eigenvalue weighted by atomic mass is 35.5. The van der Waals surface area contributed by atoms with Gasteiger partial charge in [0.25, 0.3) is 15.9 Å². The Morgan fingerprint density at radius 1 is 0.875 bits per heavy atom. The van der Waals surface area contributed by atoms with E-state index in [2.05, 4.69) is 10.0 Å². The standard InChI is InChI=1S/C25H21ClN2O3S/c1-17-5-4-8-22(13-17)28-32(30,31)24-15-21(11-12-23(24)26)25(29)27-16-18-9-10-19-6-2-3-7-20(19)14-18/h2-15,28H,16H2,1H3,(H,27,29). The second-order valence-electron chi connectivity index (χ2n) is 7.48. The van der Waals surface area contributed by atoms with E-state index < -0.39 is 10.0 Å². The molecule has 0 bridgehead atoms. The van der Waals surface area contributed by atoms with Gasteiger partial charge in [-0.3, -0.25) is 9.52 Å². The fraction of sp³-hybridized carbons (Fsp3) is 0.0800. The van der Waals surface area contributed by atoms with E-state index in [1.165, 1.54) is 18.2 Å². The molecule has 1 amide bonds. The van der Waals surface area contributed by atoms with Crippen LogP contribution in [0.1, 0.15) is 21.5 Å². The lowest BCUT2D eigenvalue weighted by molar-refractivity contribution is 0.0950. The van der Waals surface area contributed by atoms with E-state index in [-0.39, 0.29) is 21.4 Å². The first-order valence-corrected chi connectivity index (χ1v) is 11.8. The van der Waals surface area contributed by atoms with Crippen LogP contribution in [0.4, 0.5) is 5.69 Å². The fourth-order valence-electron chi connectivity index (χ4n) is 3.40. The number of amides is 1. The number of aryl methyl sites for hydroxylation is 1. The highest BCUT2D eigenvalue weighted by Gasteiger charge is 2.20. The summed E-state index contributed by atoms with van der Waals surface area (Å²) in [7, 11) is -3.97. The summed E-state index contributed by atoms with van der Waals surface area (Å²) in [4.78, 5) is 12.6. The van der Waals surface area contributed by atoms with E-state index in [0.717, 1.165) is 21.9 Å². The number of halogens is 1. The van der Waals surface area contributed by atoms with E-state index >= 15 is 0 Å². The summed E-state index contributed by atoms with van der Waals surface area (Å²) in [5.41, 5.74) is 2.49. The lowest BCUT2D eigenvalue weighted by Gasteiger charge is -2.12. The number of anilines is 1. The molecule has 0 aromatic heterocycles. The van der Waals surface area contributed by atoms with E-state index in [9.17, 15) is 13.2 Å². The summed E-state index contributed by atoms with van der Waals surface area (Å²) >= 11 is 6.16. The second-order valence-corrected chi connectivity index (χ2v) is 9.54. The average molecular weight is 465 g/mol. The average Bonchev–Trinajstić information content (AvgIpc) is 2.77. The number of carbonyl (C=O) groups excluding carboxylic acids is 1. The first kappa shape index (κ1) is 21.9. The smallest absolute Gasteiger partial charge is 0.263 e. The molecule has 4 aromatic rings. The zero-order chi connectivity index (χ0) is 22.7. The maximum atomic E-state index is 12.9. The number of rotatable bonds is 6. The van der Waals surface area contributed by atoms with Crippen molar-refractivity contribution >= 4 is 44.0 Å². The van der Waals surface area contributed by atoms with Gasteiger partial charge in [0.05, 0.1) is 5.02 Å². The van der Waals surface area contributed by atoms with Crippen molar-refractivity contribution in [3.8, 4) is 0 Å². The molecule has 0 aliphatic heterocycles. The quantitative estimate of drug-likeness (QED) is 0.393. The van der Waals surface area contributed by atoms with Gasteiger partial charge in [0, 0.05) is 17.8 Å². The molecule has 0 radical (unpaired) electrons. The minimum Gasteiger partial charge on any atom is -0.348 e. The SMILES string of the molecule is Cc1cccc(NS(=O)(=O)c2cc(C(=O)NCc3ccc4ccccc4c3)ccc2Cl)c1. The molecule has 2 N–H and O–H groups in total. The highest BCUT2D eigenvalue weighted by molar-refractivity contribution is 7.92. The number of hydrogen-bond donors (Lipinski definition) is 2. The number of sulfonamides is 1. The molecule has 0 aliphatic rings. The Morgan fingerprint density at radius 3 is 2.44 bits per heavy atom. The van der Waals surface area contributed by atoms with Crippen molar-refractivity contribution in [2.75, 3.05) is 4.72 Å². The molecule has 0 aliphatic carbocycles. The summed E-state index contributed by atoms with van der Waals surface area (Å²) in [6, 6.07) is 25.1. The minimum atomic E-state index is -3.97. The Morgan fingerprint density at radius 2 is 1.66 bits per heavy atom. The number of carbonyl (C=O) groups is 1. The molecule has 162 valence electrons. The van der Waals surface area contributed by atoms with Gasteiger partial charge in [-0.1, -0.05) is 60.1 Å². The molecule has 4 rings (SSSR count). The van der Waals surface area contributed by atoms with Crippen molar-refractivity contribution in [2.24, 2.45) is 0 Å². The zero-order valence-electron chi connectivity index (χ0n) is 17.3. The van der Waals surface area contributed by atoms with Crippen LogP contribution in [-0.4, -0.2) is 14.3 Å². The fourth-order valence-corrected chi connectivity index (χ4v) is 4.98. The molecule has 0 unspecified atom stereocenters. The third kappa shape index (κ3) is 4.93. The largest absolute Gasteiger partial charge is 0.348 e. The summed E-state index contributed by atoms with van der Waals surface area (Å²) < 4.78 is 28.3. The molecule has 0 saturated carbocycles. The van der Waals surface area contributed by atoms with Crippen molar-refractivity contribution in [2.45, 2.75) is 18.4 Å². The van der Waals surface area contributed by atoms with Crippen molar-refractivity contribution < 1.29 is 13.2 Å². The van der Waals surface area contributed by atoms with E-state index in [1.807, 2.05) is 55.5 Å². The van der Waals surface area contributed by atoms with E-state index in [0.29, 0.717) is 12.2 Å². The molecule has 7 heteroatoms. The Kier molecular flexibility index (Phi) is 6.17. The zero-order valence-corrected chi connectivity index (χ0v) is 18.9. The molecule has 0 saturated heterocycles. The van der Waals surface area contributed by atoms with Crippen molar-refractivity contribution in [3.05, 3.63) is 107 Å². The maximum Gasteiger partial charge on any atom is 0.263 e. The van der Waals surface area contributed by atoms with Crippen molar-refractivity contribution in [1.82, 2.24) is 5.32 Å². The van der Waals surface area contributed by atoms with Gasteiger partial charge in [0.15, 0.2) is 0 Å². The maximum absolute atomic E-state index is 12.9. The van der Waals surface area contributed by atoms with Crippen LogP contribution in [0.25, 0.3) is 10.8 Å². The summed E-state index contributed by atoms with van der Waals surface area (Å²) in [5, 5.41) is 5.08. The Balaban J connectivity index is 1.52. The first-order chi connectivity index (χ1) is 15.3.